The number of nitriles is 1. The van der Waals surface area contributed by atoms with Crippen LogP contribution >= 0.6 is 0 Å². The first-order valence-electron chi connectivity index (χ1n) is 10.1. The van der Waals surface area contributed by atoms with E-state index in [1.165, 1.54) is 0 Å². The van der Waals surface area contributed by atoms with E-state index in [9.17, 15) is 10.1 Å². The maximum Gasteiger partial charge on any atom is 0.408 e. The van der Waals surface area contributed by atoms with Crippen molar-refractivity contribution in [2.45, 2.75) is 38.3 Å². The minimum Gasteiger partial charge on any atom is -0.490 e. The molecule has 1 spiro atoms. The van der Waals surface area contributed by atoms with Crippen LogP contribution in [0.2, 0.25) is 0 Å². The third-order valence-electron chi connectivity index (χ3n) is 5.66. The molecular formula is C23H20N4O4. The van der Waals surface area contributed by atoms with Crippen LogP contribution in [0.4, 0.5) is 4.79 Å². The molecule has 8 nitrogen and oxygen atoms in total. The number of ether oxygens (including phenoxy) is 2. The van der Waals surface area contributed by atoms with Gasteiger partial charge in [-0.3, -0.25) is 0 Å². The van der Waals surface area contributed by atoms with E-state index in [4.69, 9.17) is 14.0 Å². The SMILES string of the molecule is CC(C)Oc1ccc(-c2nc(-c3cccc4c3CC[C@]43COC(=O)N3)no2)cc1C#N. The molecule has 2 aliphatic rings. The lowest BCUT2D eigenvalue weighted by Gasteiger charge is -2.21. The second-order valence-corrected chi connectivity index (χ2v) is 8.03. The first kappa shape index (κ1) is 19.1. The summed E-state index contributed by atoms with van der Waals surface area (Å²) in [7, 11) is 0. The van der Waals surface area contributed by atoms with Gasteiger partial charge in [-0.15, -0.1) is 0 Å². The van der Waals surface area contributed by atoms with Gasteiger partial charge in [0, 0.05) is 11.1 Å². The van der Waals surface area contributed by atoms with Crippen LogP contribution in [0.5, 0.6) is 5.75 Å². The minimum atomic E-state index is -0.483. The summed E-state index contributed by atoms with van der Waals surface area (Å²) in [5, 5.41) is 16.6. The van der Waals surface area contributed by atoms with Crippen LogP contribution in [0.25, 0.3) is 22.8 Å². The van der Waals surface area contributed by atoms with Crippen molar-refractivity contribution in [3.8, 4) is 34.7 Å². The molecule has 1 saturated heterocycles. The third-order valence-corrected chi connectivity index (χ3v) is 5.66. The summed E-state index contributed by atoms with van der Waals surface area (Å²) in [4.78, 5) is 16.2. The molecule has 1 amide bonds. The molecule has 1 aliphatic carbocycles. The summed E-state index contributed by atoms with van der Waals surface area (Å²) < 4.78 is 16.4. The number of hydrogen-bond acceptors (Lipinski definition) is 7. The highest BCUT2D eigenvalue weighted by Crippen LogP contribution is 2.43. The molecule has 1 atom stereocenters. The molecule has 2 heterocycles. The van der Waals surface area contributed by atoms with Crippen molar-refractivity contribution in [1.29, 1.82) is 5.26 Å². The second kappa shape index (κ2) is 7.13. The van der Waals surface area contributed by atoms with E-state index in [0.717, 1.165) is 29.5 Å². The highest BCUT2D eigenvalue weighted by Gasteiger charge is 2.46. The van der Waals surface area contributed by atoms with Gasteiger partial charge in [0.1, 0.15) is 24.0 Å². The van der Waals surface area contributed by atoms with Gasteiger partial charge in [0.05, 0.1) is 11.7 Å². The first-order valence-corrected chi connectivity index (χ1v) is 10.1. The molecule has 0 unspecified atom stereocenters. The van der Waals surface area contributed by atoms with Gasteiger partial charge in [0.15, 0.2) is 0 Å². The number of cyclic esters (lactones) is 1. The van der Waals surface area contributed by atoms with Gasteiger partial charge in [0.25, 0.3) is 5.89 Å². The number of fused-ring (bicyclic) bond motifs is 2. The number of aromatic nitrogens is 2. The molecule has 3 aromatic rings. The summed E-state index contributed by atoms with van der Waals surface area (Å²) in [6.45, 7) is 4.14. The smallest absolute Gasteiger partial charge is 0.408 e. The zero-order chi connectivity index (χ0) is 21.6. The molecule has 0 saturated carbocycles. The Hall–Kier alpha value is -3.86. The van der Waals surface area contributed by atoms with Crippen LogP contribution in [-0.2, 0) is 16.7 Å². The topological polar surface area (TPSA) is 110 Å². The Balaban J connectivity index is 1.49. The molecule has 0 radical (unpaired) electrons. The molecule has 1 fully saturated rings. The minimum absolute atomic E-state index is 0.0357. The number of alkyl carbamates (subject to hydrolysis) is 1. The molecule has 31 heavy (non-hydrogen) atoms. The van der Waals surface area contributed by atoms with Crippen molar-refractivity contribution < 1.29 is 18.8 Å². The number of rotatable bonds is 4. The van der Waals surface area contributed by atoms with Crippen molar-refractivity contribution in [2.24, 2.45) is 0 Å². The quantitative estimate of drug-likeness (QED) is 0.686. The number of nitrogens with one attached hydrogen (secondary N) is 1. The molecular weight excluding hydrogens is 396 g/mol. The van der Waals surface area contributed by atoms with E-state index < -0.39 is 11.6 Å². The fraction of sp³-hybridized carbons (Fsp3) is 0.304. The lowest BCUT2D eigenvalue weighted by molar-refractivity contribution is 0.172. The zero-order valence-corrected chi connectivity index (χ0v) is 17.1. The molecule has 156 valence electrons. The van der Waals surface area contributed by atoms with Gasteiger partial charge in [-0.1, -0.05) is 23.4 Å². The fourth-order valence-corrected chi connectivity index (χ4v) is 4.28. The van der Waals surface area contributed by atoms with E-state index in [-0.39, 0.29) is 6.10 Å². The number of nitrogens with zero attached hydrogens (tertiary/aromatic N) is 3. The van der Waals surface area contributed by atoms with Crippen molar-refractivity contribution in [3.63, 3.8) is 0 Å². The highest BCUT2D eigenvalue weighted by molar-refractivity contribution is 5.74. The predicted molar refractivity (Wildman–Crippen MR) is 110 cm³/mol. The summed E-state index contributed by atoms with van der Waals surface area (Å²) in [5.41, 5.74) is 3.55. The van der Waals surface area contributed by atoms with Crippen molar-refractivity contribution >= 4 is 6.09 Å². The first-order chi connectivity index (χ1) is 15.0. The number of amides is 1. The predicted octanol–water partition coefficient (Wildman–Crippen LogP) is 3.94. The van der Waals surface area contributed by atoms with Crippen LogP contribution in [-0.4, -0.2) is 28.9 Å². The Bertz CT molecular complexity index is 1230. The van der Waals surface area contributed by atoms with Crippen LogP contribution in [0, 0.1) is 11.3 Å². The van der Waals surface area contributed by atoms with Crippen molar-refractivity contribution in [3.05, 3.63) is 53.1 Å². The van der Waals surface area contributed by atoms with Gasteiger partial charge in [-0.2, -0.15) is 10.2 Å². The molecule has 1 aromatic heterocycles. The molecule has 5 rings (SSSR count). The van der Waals surface area contributed by atoms with Crippen LogP contribution in [0.15, 0.2) is 40.9 Å². The van der Waals surface area contributed by atoms with Gasteiger partial charge in [-0.05, 0) is 56.0 Å². The lowest BCUT2D eigenvalue weighted by atomic mass is 9.92. The number of carbonyl (C=O) groups excluding carboxylic acids is 1. The number of benzene rings is 2. The average Bonchev–Trinajstić information content (AvgIpc) is 3.48. The van der Waals surface area contributed by atoms with Gasteiger partial charge in [0.2, 0.25) is 5.82 Å². The van der Waals surface area contributed by atoms with E-state index in [1.807, 2.05) is 32.0 Å². The average molecular weight is 416 g/mol. The van der Waals surface area contributed by atoms with Crippen LogP contribution < -0.4 is 10.1 Å². The Kier molecular flexibility index (Phi) is 4.40. The van der Waals surface area contributed by atoms with E-state index >= 15 is 0 Å². The molecule has 8 heteroatoms. The van der Waals surface area contributed by atoms with E-state index in [0.29, 0.717) is 35.2 Å². The summed E-state index contributed by atoms with van der Waals surface area (Å²) >= 11 is 0. The van der Waals surface area contributed by atoms with Crippen LogP contribution in [0.3, 0.4) is 0 Å². The fourth-order valence-electron chi connectivity index (χ4n) is 4.28. The molecule has 2 aromatic carbocycles. The number of hydrogen-bond donors (Lipinski definition) is 1. The van der Waals surface area contributed by atoms with Crippen LogP contribution in [0.1, 0.15) is 37.0 Å². The molecule has 0 bridgehead atoms. The normalized spacial score (nSPS) is 19.2. The van der Waals surface area contributed by atoms with Crippen molar-refractivity contribution in [1.82, 2.24) is 15.5 Å². The maximum atomic E-state index is 11.7. The Labute approximate surface area is 178 Å². The Morgan fingerprint density at radius 3 is 2.90 bits per heavy atom. The third kappa shape index (κ3) is 3.19. The molecule has 1 N–H and O–H groups in total. The number of carbonyl (C=O) groups is 1. The largest absolute Gasteiger partial charge is 0.490 e. The molecule has 1 aliphatic heterocycles. The second-order valence-electron chi connectivity index (χ2n) is 8.03. The Morgan fingerprint density at radius 2 is 2.16 bits per heavy atom. The Morgan fingerprint density at radius 1 is 1.29 bits per heavy atom. The van der Waals surface area contributed by atoms with Crippen molar-refractivity contribution in [2.75, 3.05) is 6.61 Å². The maximum absolute atomic E-state index is 11.7. The lowest BCUT2D eigenvalue weighted by Crippen LogP contribution is -2.38. The highest BCUT2D eigenvalue weighted by atomic mass is 16.6. The summed E-state index contributed by atoms with van der Waals surface area (Å²) in [6, 6.07) is 13.3. The van der Waals surface area contributed by atoms with E-state index in [2.05, 4.69) is 21.5 Å². The summed E-state index contributed by atoms with van der Waals surface area (Å²) in [5.74, 6) is 1.31. The summed E-state index contributed by atoms with van der Waals surface area (Å²) in [6.07, 6.45) is 1.11. The van der Waals surface area contributed by atoms with E-state index in [1.54, 1.807) is 18.2 Å². The zero-order valence-electron chi connectivity index (χ0n) is 17.1. The van der Waals surface area contributed by atoms with Gasteiger partial charge < -0.3 is 19.3 Å². The monoisotopic (exact) mass is 416 g/mol. The standard InChI is InChI=1S/C23H20N4O4/c1-13(2)30-19-7-6-14(10-15(19)11-24)21-25-20(27-31-21)17-4-3-5-18-16(17)8-9-23(18)12-29-22(28)26-23/h3-7,10,13H,8-9,12H2,1-2H3,(H,26,28)/t23-/m0/s1. The van der Waals surface area contributed by atoms with Gasteiger partial charge >= 0.3 is 6.09 Å². The van der Waals surface area contributed by atoms with Gasteiger partial charge in [-0.25, -0.2) is 4.79 Å².